The molecule has 2 rings (SSSR count). The van der Waals surface area contributed by atoms with E-state index in [0.29, 0.717) is 37.6 Å². The maximum atomic E-state index is 11.4. The van der Waals surface area contributed by atoms with Crippen LogP contribution in [0.25, 0.3) is 0 Å². The highest BCUT2D eigenvalue weighted by Crippen LogP contribution is 2.27. The molecule has 0 aliphatic carbocycles. The number of carbonyl (C=O) groups excluding carboxylic acids is 2. The molecule has 2 amide bonds. The predicted molar refractivity (Wildman–Crippen MR) is 69.0 cm³/mol. The fraction of sp³-hybridized carbons (Fsp3) is 0.385. The summed E-state index contributed by atoms with van der Waals surface area (Å²) >= 11 is 0. The van der Waals surface area contributed by atoms with Gasteiger partial charge in [-0.15, -0.1) is 0 Å². The van der Waals surface area contributed by atoms with Gasteiger partial charge >= 0.3 is 6.09 Å². The molecule has 0 saturated heterocycles. The van der Waals surface area contributed by atoms with E-state index in [0.717, 1.165) is 5.56 Å². The lowest BCUT2D eigenvalue weighted by molar-refractivity contribution is -0.116. The van der Waals surface area contributed by atoms with Gasteiger partial charge in [-0.1, -0.05) is 6.07 Å². The first-order valence-corrected chi connectivity index (χ1v) is 6.15. The van der Waals surface area contributed by atoms with Crippen molar-refractivity contribution in [2.75, 3.05) is 18.5 Å². The van der Waals surface area contributed by atoms with Crippen LogP contribution in [0.15, 0.2) is 18.2 Å². The second-order valence-corrected chi connectivity index (χ2v) is 4.05. The zero-order valence-corrected chi connectivity index (χ0v) is 10.7. The van der Waals surface area contributed by atoms with Gasteiger partial charge in [-0.05, 0) is 24.6 Å². The Bertz CT molecular complexity index is 488. The van der Waals surface area contributed by atoms with E-state index >= 15 is 0 Å². The quantitative estimate of drug-likeness (QED) is 0.870. The number of nitrogens with one attached hydrogen (secondary N) is 2. The summed E-state index contributed by atoms with van der Waals surface area (Å²) in [4.78, 5) is 22.6. The first kappa shape index (κ1) is 13.2. The normalized spacial score (nSPS) is 13.6. The lowest BCUT2D eigenvalue weighted by atomic mass is 10.2. The standard InChI is InChI=1S/C13H16N2O4/c1-2-18-13(17)14-8-9-3-4-11-10(7-9)15-12(16)5-6-19-11/h3-4,7H,2,5-6,8H2,1H3,(H,14,17)(H,15,16). The molecule has 1 aromatic rings. The second-order valence-electron chi connectivity index (χ2n) is 4.05. The molecule has 0 unspecified atom stereocenters. The minimum absolute atomic E-state index is 0.0748. The minimum Gasteiger partial charge on any atom is -0.491 e. The van der Waals surface area contributed by atoms with Crippen LogP contribution >= 0.6 is 0 Å². The topological polar surface area (TPSA) is 76.7 Å². The summed E-state index contributed by atoms with van der Waals surface area (Å²) in [5, 5.41) is 5.39. The maximum absolute atomic E-state index is 11.4. The molecule has 102 valence electrons. The highest BCUT2D eigenvalue weighted by atomic mass is 16.5. The zero-order valence-electron chi connectivity index (χ0n) is 10.7. The van der Waals surface area contributed by atoms with E-state index in [1.54, 1.807) is 19.1 Å². The number of carbonyl (C=O) groups is 2. The molecule has 0 radical (unpaired) electrons. The van der Waals surface area contributed by atoms with Crippen molar-refractivity contribution in [3.63, 3.8) is 0 Å². The number of hydrogen-bond acceptors (Lipinski definition) is 4. The van der Waals surface area contributed by atoms with Gasteiger partial charge in [0.25, 0.3) is 0 Å². The largest absolute Gasteiger partial charge is 0.491 e. The molecule has 0 atom stereocenters. The summed E-state index contributed by atoms with van der Waals surface area (Å²) < 4.78 is 10.2. The molecule has 1 heterocycles. The van der Waals surface area contributed by atoms with E-state index in [9.17, 15) is 9.59 Å². The van der Waals surface area contributed by atoms with Crippen LogP contribution in [0.3, 0.4) is 0 Å². The van der Waals surface area contributed by atoms with Crippen LogP contribution < -0.4 is 15.4 Å². The first-order valence-electron chi connectivity index (χ1n) is 6.15. The smallest absolute Gasteiger partial charge is 0.407 e. The number of rotatable bonds is 3. The average molecular weight is 264 g/mol. The molecule has 1 aromatic carbocycles. The van der Waals surface area contributed by atoms with Crippen molar-refractivity contribution >= 4 is 17.7 Å². The highest BCUT2D eigenvalue weighted by molar-refractivity contribution is 5.93. The lowest BCUT2D eigenvalue weighted by Crippen LogP contribution is -2.23. The summed E-state index contributed by atoms with van der Waals surface area (Å²) in [6.45, 7) is 2.79. The molecule has 0 fully saturated rings. The van der Waals surface area contributed by atoms with E-state index < -0.39 is 6.09 Å². The van der Waals surface area contributed by atoms with Crippen LogP contribution in [0.4, 0.5) is 10.5 Å². The van der Waals surface area contributed by atoms with Gasteiger partial charge in [0, 0.05) is 6.54 Å². The van der Waals surface area contributed by atoms with E-state index in [4.69, 9.17) is 9.47 Å². The Morgan fingerprint density at radius 3 is 3.16 bits per heavy atom. The number of anilines is 1. The molecular weight excluding hydrogens is 248 g/mol. The SMILES string of the molecule is CCOC(=O)NCc1ccc2c(c1)NC(=O)CCO2. The van der Waals surface area contributed by atoms with Crippen LogP contribution in [0.5, 0.6) is 5.75 Å². The average Bonchev–Trinajstić information content (AvgIpc) is 2.56. The first-order chi connectivity index (χ1) is 9.19. The lowest BCUT2D eigenvalue weighted by Gasteiger charge is -2.10. The molecule has 1 aliphatic rings. The highest BCUT2D eigenvalue weighted by Gasteiger charge is 2.14. The third-order valence-electron chi connectivity index (χ3n) is 2.62. The zero-order chi connectivity index (χ0) is 13.7. The molecule has 6 heteroatoms. The predicted octanol–water partition coefficient (Wildman–Crippen LogP) is 1.65. The third kappa shape index (κ3) is 3.61. The van der Waals surface area contributed by atoms with Gasteiger partial charge in [0.15, 0.2) is 0 Å². The van der Waals surface area contributed by atoms with Gasteiger partial charge in [-0.3, -0.25) is 4.79 Å². The number of ether oxygens (including phenoxy) is 2. The van der Waals surface area contributed by atoms with Crippen molar-refractivity contribution in [1.29, 1.82) is 0 Å². The summed E-state index contributed by atoms with van der Waals surface area (Å²) in [5.74, 6) is 0.569. The summed E-state index contributed by atoms with van der Waals surface area (Å²) in [6.07, 6.45) is -0.122. The fourth-order valence-corrected chi connectivity index (χ4v) is 1.73. The second kappa shape index (κ2) is 6.08. The number of alkyl carbamates (subject to hydrolysis) is 1. The number of fused-ring (bicyclic) bond motifs is 1. The molecule has 19 heavy (non-hydrogen) atoms. The van der Waals surface area contributed by atoms with Crippen LogP contribution in [0, 0.1) is 0 Å². The van der Waals surface area contributed by atoms with Crippen molar-refractivity contribution < 1.29 is 19.1 Å². The number of amides is 2. The van der Waals surface area contributed by atoms with Crippen molar-refractivity contribution in [3.05, 3.63) is 23.8 Å². The molecule has 1 aliphatic heterocycles. The van der Waals surface area contributed by atoms with Crippen molar-refractivity contribution in [3.8, 4) is 5.75 Å². The monoisotopic (exact) mass is 264 g/mol. The van der Waals surface area contributed by atoms with Gasteiger partial charge in [0.2, 0.25) is 5.91 Å². The molecule has 0 saturated carbocycles. The summed E-state index contributed by atoms with van der Waals surface area (Å²) in [7, 11) is 0. The number of benzene rings is 1. The molecule has 0 spiro atoms. The maximum Gasteiger partial charge on any atom is 0.407 e. The van der Waals surface area contributed by atoms with Crippen LogP contribution in [0.1, 0.15) is 18.9 Å². The molecular formula is C13H16N2O4. The summed E-state index contributed by atoms with van der Waals surface area (Å²) in [5.41, 5.74) is 1.49. The molecule has 0 bridgehead atoms. The van der Waals surface area contributed by atoms with E-state index in [2.05, 4.69) is 10.6 Å². The molecule has 2 N–H and O–H groups in total. The fourth-order valence-electron chi connectivity index (χ4n) is 1.73. The van der Waals surface area contributed by atoms with Crippen LogP contribution in [-0.4, -0.2) is 25.2 Å². The van der Waals surface area contributed by atoms with Gasteiger partial charge < -0.3 is 20.1 Å². The Labute approximate surface area is 111 Å². The van der Waals surface area contributed by atoms with Gasteiger partial charge in [0.1, 0.15) is 5.75 Å². The van der Waals surface area contributed by atoms with Gasteiger partial charge in [0.05, 0.1) is 25.3 Å². The van der Waals surface area contributed by atoms with E-state index in [1.807, 2.05) is 6.07 Å². The molecule has 6 nitrogen and oxygen atoms in total. The summed E-state index contributed by atoms with van der Waals surface area (Å²) in [6, 6.07) is 5.40. The van der Waals surface area contributed by atoms with E-state index in [-0.39, 0.29) is 5.91 Å². The van der Waals surface area contributed by atoms with Crippen molar-refractivity contribution in [2.45, 2.75) is 19.9 Å². The Hall–Kier alpha value is -2.24. The van der Waals surface area contributed by atoms with E-state index in [1.165, 1.54) is 0 Å². The van der Waals surface area contributed by atoms with Crippen LogP contribution in [0.2, 0.25) is 0 Å². The van der Waals surface area contributed by atoms with Gasteiger partial charge in [-0.2, -0.15) is 0 Å². The Balaban J connectivity index is 2.03. The van der Waals surface area contributed by atoms with Gasteiger partial charge in [-0.25, -0.2) is 4.79 Å². The Kier molecular flexibility index (Phi) is 4.22. The Morgan fingerprint density at radius 1 is 1.53 bits per heavy atom. The van der Waals surface area contributed by atoms with Crippen molar-refractivity contribution in [1.82, 2.24) is 5.32 Å². The molecule has 0 aromatic heterocycles. The van der Waals surface area contributed by atoms with Crippen LogP contribution in [-0.2, 0) is 16.1 Å². The number of hydrogen-bond donors (Lipinski definition) is 2. The van der Waals surface area contributed by atoms with Crippen molar-refractivity contribution in [2.24, 2.45) is 0 Å². The minimum atomic E-state index is -0.460. The third-order valence-corrected chi connectivity index (χ3v) is 2.62. The Morgan fingerprint density at radius 2 is 2.37 bits per heavy atom.